The molecule has 2 N–H and O–H groups in total. The van der Waals surface area contributed by atoms with Crippen molar-refractivity contribution in [3.8, 4) is 5.75 Å². The normalized spacial score (nSPS) is 10.9. The number of aryl methyl sites for hydroxylation is 1. The van der Waals surface area contributed by atoms with Crippen LogP contribution in [0.2, 0.25) is 0 Å². The van der Waals surface area contributed by atoms with E-state index in [1.807, 2.05) is 0 Å². The number of nitro benzene ring substituents is 1. The maximum atomic E-state index is 12.5. The Morgan fingerprint density at radius 1 is 1.35 bits per heavy atom. The minimum absolute atomic E-state index is 0.221. The fraction of sp³-hybridized carbons (Fsp3) is 0.222. The number of phenolic OH excluding ortho intramolecular Hbond substituents is 1. The zero-order valence-corrected chi connectivity index (χ0v) is 14.5. The molecule has 0 saturated heterocycles. The number of allylic oxidation sites excluding steroid dienone is 1. The molecular weight excluding hydrogens is 340 g/mol. The average molecular weight is 358 g/mol. The van der Waals surface area contributed by atoms with Crippen molar-refractivity contribution < 1.29 is 24.4 Å². The summed E-state index contributed by atoms with van der Waals surface area (Å²) in [6.45, 7) is 5.22. The van der Waals surface area contributed by atoms with E-state index in [4.69, 9.17) is 4.74 Å². The Labute approximate surface area is 149 Å². The van der Waals surface area contributed by atoms with Crippen molar-refractivity contribution in [2.45, 2.75) is 20.8 Å². The number of aromatic hydroxyl groups is 1. The molecule has 0 bridgehead atoms. The number of hydrogen-bond acceptors (Lipinski definition) is 6. The SMILES string of the molecule is CCOC(=O)c1[nH]c(C)c(C(=O)/C=C/c2ccc(O)c([N+](=O)[O-])c2)c1C. The molecule has 2 rings (SSSR count). The summed E-state index contributed by atoms with van der Waals surface area (Å²) in [6.07, 6.45) is 2.67. The number of benzene rings is 1. The number of rotatable bonds is 6. The molecule has 0 aliphatic heterocycles. The van der Waals surface area contributed by atoms with Gasteiger partial charge in [0.2, 0.25) is 0 Å². The van der Waals surface area contributed by atoms with Crippen LogP contribution in [0.4, 0.5) is 5.69 Å². The minimum Gasteiger partial charge on any atom is -0.502 e. The van der Waals surface area contributed by atoms with Gasteiger partial charge in [-0.05, 0) is 44.0 Å². The molecule has 0 fully saturated rings. The van der Waals surface area contributed by atoms with Crippen LogP contribution in [0.1, 0.15) is 44.6 Å². The molecule has 136 valence electrons. The predicted molar refractivity (Wildman–Crippen MR) is 94.3 cm³/mol. The van der Waals surface area contributed by atoms with Crippen LogP contribution >= 0.6 is 0 Å². The molecule has 1 aromatic heterocycles. The van der Waals surface area contributed by atoms with E-state index in [-0.39, 0.29) is 18.1 Å². The highest BCUT2D eigenvalue weighted by Crippen LogP contribution is 2.27. The lowest BCUT2D eigenvalue weighted by Crippen LogP contribution is -2.07. The lowest BCUT2D eigenvalue weighted by Gasteiger charge is -2.01. The summed E-state index contributed by atoms with van der Waals surface area (Å²) < 4.78 is 4.95. The van der Waals surface area contributed by atoms with Crippen LogP contribution < -0.4 is 0 Å². The average Bonchev–Trinajstić information content (AvgIpc) is 2.88. The number of nitrogens with one attached hydrogen (secondary N) is 1. The van der Waals surface area contributed by atoms with E-state index < -0.39 is 22.3 Å². The Morgan fingerprint density at radius 2 is 2.04 bits per heavy atom. The topological polar surface area (TPSA) is 123 Å². The molecule has 2 aromatic rings. The van der Waals surface area contributed by atoms with Gasteiger partial charge in [-0.15, -0.1) is 0 Å². The molecule has 1 aromatic carbocycles. The van der Waals surface area contributed by atoms with Gasteiger partial charge in [0.1, 0.15) is 5.69 Å². The molecule has 0 unspecified atom stereocenters. The third-order valence-electron chi connectivity index (χ3n) is 3.79. The summed E-state index contributed by atoms with van der Waals surface area (Å²) >= 11 is 0. The molecule has 0 amide bonds. The van der Waals surface area contributed by atoms with Crippen LogP contribution in [0.25, 0.3) is 6.08 Å². The number of H-pyrrole nitrogens is 1. The maximum absolute atomic E-state index is 12.5. The van der Waals surface area contributed by atoms with Gasteiger partial charge >= 0.3 is 11.7 Å². The van der Waals surface area contributed by atoms with Crippen LogP contribution in [0.5, 0.6) is 5.75 Å². The number of phenols is 1. The summed E-state index contributed by atoms with van der Waals surface area (Å²) in [4.78, 5) is 37.4. The summed E-state index contributed by atoms with van der Waals surface area (Å²) in [7, 11) is 0. The van der Waals surface area contributed by atoms with Crippen molar-refractivity contribution in [3.05, 3.63) is 62.5 Å². The first-order valence-corrected chi connectivity index (χ1v) is 7.82. The van der Waals surface area contributed by atoms with Crippen LogP contribution in [0.15, 0.2) is 24.3 Å². The number of carbonyl (C=O) groups is 2. The maximum Gasteiger partial charge on any atom is 0.355 e. The molecule has 0 saturated carbocycles. The van der Waals surface area contributed by atoms with E-state index in [0.29, 0.717) is 22.4 Å². The van der Waals surface area contributed by atoms with Gasteiger partial charge < -0.3 is 14.8 Å². The minimum atomic E-state index is -0.708. The van der Waals surface area contributed by atoms with E-state index in [2.05, 4.69) is 4.98 Å². The van der Waals surface area contributed by atoms with Gasteiger partial charge in [0, 0.05) is 17.3 Å². The van der Waals surface area contributed by atoms with Gasteiger partial charge in [0.05, 0.1) is 11.5 Å². The van der Waals surface area contributed by atoms with Gasteiger partial charge in [-0.2, -0.15) is 0 Å². The van der Waals surface area contributed by atoms with E-state index in [0.717, 1.165) is 0 Å². The Bertz CT molecular complexity index is 911. The molecule has 8 nitrogen and oxygen atoms in total. The molecular formula is C18H18N2O6. The Kier molecular flexibility index (Phi) is 5.56. The highest BCUT2D eigenvalue weighted by atomic mass is 16.6. The molecule has 0 spiro atoms. The first-order valence-electron chi connectivity index (χ1n) is 7.82. The number of carbonyl (C=O) groups excluding carboxylic acids is 2. The zero-order valence-electron chi connectivity index (χ0n) is 14.5. The van der Waals surface area contributed by atoms with Crippen LogP contribution in [-0.4, -0.2) is 33.4 Å². The summed E-state index contributed by atoms with van der Waals surface area (Å²) in [5, 5.41) is 20.3. The second-order valence-corrected chi connectivity index (χ2v) is 5.55. The highest BCUT2D eigenvalue weighted by molar-refractivity contribution is 6.10. The fourth-order valence-corrected chi connectivity index (χ4v) is 2.57. The van der Waals surface area contributed by atoms with Crippen molar-refractivity contribution in [3.63, 3.8) is 0 Å². The van der Waals surface area contributed by atoms with Crippen LogP contribution in [-0.2, 0) is 4.74 Å². The lowest BCUT2D eigenvalue weighted by molar-refractivity contribution is -0.385. The molecule has 8 heteroatoms. The standard InChI is InChI=1S/C18H18N2O6/c1-4-26-18(23)17-10(2)16(11(3)19-17)15(22)8-6-12-5-7-14(21)13(9-12)20(24)25/h5-9,19,21H,4H2,1-3H3/b8-6+. The number of ketones is 1. The molecule has 26 heavy (non-hydrogen) atoms. The first-order chi connectivity index (χ1) is 12.3. The number of nitro groups is 1. The number of hydrogen-bond donors (Lipinski definition) is 2. The first kappa shape index (κ1) is 18.9. The summed E-state index contributed by atoms with van der Waals surface area (Å²) in [6, 6.07) is 3.81. The number of esters is 1. The Hall–Kier alpha value is -3.42. The smallest absolute Gasteiger partial charge is 0.355 e. The van der Waals surface area contributed by atoms with Crippen molar-refractivity contribution in [2.75, 3.05) is 6.61 Å². The Balaban J connectivity index is 2.31. The third-order valence-corrected chi connectivity index (χ3v) is 3.79. The van der Waals surface area contributed by atoms with E-state index >= 15 is 0 Å². The molecule has 0 radical (unpaired) electrons. The Morgan fingerprint density at radius 3 is 2.65 bits per heavy atom. The van der Waals surface area contributed by atoms with Crippen molar-refractivity contribution >= 4 is 23.5 Å². The largest absolute Gasteiger partial charge is 0.502 e. The lowest BCUT2D eigenvalue weighted by atomic mass is 10.0. The predicted octanol–water partition coefficient (Wildman–Crippen LogP) is 3.32. The molecule has 0 aliphatic carbocycles. The van der Waals surface area contributed by atoms with Crippen molar-refractivity contribution in [1.29, 1.82) is 0 Å². The molecule has 1 heterocycles. The van der Waals surface area contributed by atoms with E-state index in [9.17, 15) is 24.8 Å². The highest BCUT2D eigenvalue weighted by Gasteiger charge is 2.21. The zero-order chi connectivity index (χ0) is 19.4. The van der Waals surface area contributed by atoms with Gasteiger partial charge in [0.25, 0.3) is 0 Å². The quantitative estimate of drug-likeness (QED) is 0.268. The van der Waals surface area contributed by atoms with Gasteiger partial charge in [-0.25, -0.2) is 4.79 Å². The number of aromatic amines is 1. The van der Waals surface area contributed by atoms with Gasteiger partial charge in [0.15, 0.2) is 11.5 Å². The monoisotopic (exact) mass is 358 g/mol. The second kappa shape index (κ2) is 7.64. The van der Waals surface area contributed by atoms with Crippen LogP contribution in [0, 0.1) is 24.0 Å². The van der Waals surface area contributed by atoms with E-state index in [1.54, 1.807) is 20.8 Å². The van der Waals surface area contributed by atoms with Crippen molar-refractivity contribution in [2.24, 2.45) is 0 Å². The van der Waals surface area contributed by atoms with Crippen molar-refractivity contribution in [1.82, 2.24) is 4.98 Å². The van der Waals surface area contributed by atoms with Gasteiger partial charge in [-0.3, -0.25) is 14.9 Å². The van der Waals surface area contributed by atoms with Gasteiger partial charge in [-0.1, -0.05) is 12.1 Å². The third kappa shape index (κ3) is 3.80. The number of ether oxygens (including phenoxy) is 1. The molecule has 0 aliphatic rings. The summed E-state index contributed by atoms with van der Waals surface area (Å²) in [5.74, 6) is -1.34. The number of aromatic nitrogens is 1. The van der Waals surface area contributed by atoms with Crippen LogP contribution in [0.3, 0.4) is 0 Å². The van der Waals surface area contributed by atoms with E-state index in [1.165, 1.54) is 30.4 Å². The summed E-state index contributed by atoms with van der Waals surface area (Å²) in [5.41, 5.74) is 1.51. The fourth-order valence-electron chi connectivity index (χ4n) is 2.57. The molecule has 0 atom stereocenters. The number of nitrogens with zero attached hydrogens (tertiary/aromatic N) is 1. The second-order valence-electron chi connectivity index (χ2n) is 5.55.